The highest BCUT2D eigenvalue weighted by Gasteiger charge is 2.11. The van der Waals surface area contributed by atoms with Gasteiger partial charge in [-0.2, -0.15) is 0 Å². The molecule has 1 aromatic carbocycles. The maximum atomic E-state index is 5.69. The maximum Gasteiger partial charge on any atom is 0.283 e. The Kier molecular flexibility index (Phi) is 3.47. The lowest BCUT2D eigenvalue weighted by molar-refractivity contribution is 0.465. The third-order valence-electron chi connectivity index (χ3n) is 3.20. The molecule has 0 saturated carbocycles. The van der Waals surface area contributed by atoms with Gasteiger partial charge in [-0.3, -0.25) is 4.98 Å². The van der Waals surface area contributed by atoms with E-state index >= 15 is 0 Å². The van der Waals surface area contributed by atoms with Crippen molar-refractivity contribution in [1.29, 1.82) is 0 Å². The molecule has 0 N–H and O–H groups in total. The van der Waals surface area contributed by atoms with Crippen molar-refractivity contribution in [1.82, 2.24) is 25.1 Å². The van der Waals surface area contributed by atoms with E-state index < -0.39 is 0 Å². The number of rotatable bonds is 3. The van der Waals surface area contributed by atoms with Crippen molar-refractivity contribution in [2.24, 2.45) is 0 Å². The summed E-state index contributed by atoms with van der Waals surface area (Å²) in [5.41, 5.74) is 3.43. The molecule has 0 aliphatic carbocycles. The van der Waals surface area contributed by atoms with Crippen molar-refractivity contribution in [2.45, 2.75) is 17.2 Å². The number of hydrogen-bond acceptors (Lipinski definition) is 7. The molecule has 3 aromatic heterocycles. The Hall–Kier alpha value is -2.80. The third-order valence-corrected chi connectivity index (χ3v) is 3.98. The van der Waals surface area contributed by atoms with Crippen LogP contribution in [-0.2, 0) is 0 Å². The molecule has 6 nitrogen and oxygen atoms in total. The first-order valence-electron chi connectivity index (χ1n) is 6.94. The zero-order chi connectivity index (χ0) is 15.6. The van der Waals surface area contributed by atoms with E-state index in [1.54, 1.807) is 12.4 Å². The molecule has 0 unspecified atom stereocenters. The van der Waals surface area contributed by atoms with Crippen molar-refractivity contribution in [2.75, 3.05) is 0 Å². The van der Waals surface area contributed by atoms with Gasteiger partial charge in [0, 0.05) is 18.0 Å². The van der Waals surface area contributed by atoms with E-state index in [0.29, 0.717) is 16.8 Å². The molecule has 7 heteroatoms. The van der Waals surface area contributed by atoms with Gasteiger partial charge in [0.25, 0.3) is 5.22 Å². The van der Waals surface area contributed by atoms with Crippen molar-refractivity contribution in [3.8, 4) is 11.5 Å². The number of benzene rings is 1. The van der Waals surface area contributed by atoms with Gasteiger partial charge < -0.3 is 4.42 Å². The average Bonchev–Trinajstić information content (AvgIpc) is 3.04. The summed E-state index contributed by atoms with van der Waals surface area (Å²) < 4.78 is 5.69. The molecule has 23 heavy (non-hydrogen) atoms. The fraction of sp³-hybridized carbons (Fsp3) is 0.0625. The molecular formula is C16H11N5OS. The van der Waals surface area contributed by atoms with E-state index in [2.05, 4.69) is 25.1 Å². The Labute approximate surface area is 136 Å². The Morgan fingerprint density at radius 3 is 2.61 bits per heavy atom. The van der Waals surface area contributed by atoms with Crippen molar-refractivity contribution in [3.63, 3.8) is 0 Å². The number of aryl methyl sites for hydroxylation is 1. The van der Waals surface area contributed by atoms with E-state index in [0.717, 1.165) is 16.1 Å². The summed E-state index contributed by atoms with van der Waals surface area (Å²) in [5, 5.41) is 9.32. The lowest BCUT2D eigenvalue weighted by atomic mass is 10.1. The fourth-order valence-corrected chi connectivity index (χ4v) is 2.70. The number of aromatic nitrogens is 5. The van der Waals surface area contributed by atoms with Crippen LogP contribution in [0.4, 0.5) is 0 Å². The van der Waals surface area contributed by atoms with E-state index in [1.807, 2.05) is 43.3 Å². The number of pyridine rings is 1. The molecule has 4 aromatic rings. The molecule has 0 atom stereocenters. The van der Waals surface area contributed by atoms with Gasteiger partial charge in [-0.25, -0.2) is 9.97 Å². The van der Waals surface area contributed by atoms with Crippen molar-refractivity contribution in [3.05, 3.63) is 54.4 Å². The monoisotopic (exact) mass is 321 g/mol. The molecule has 4 rings (SSSR count). The molecular weight excluding hydrogens is 310 g/mol. The van der Waals surface area contributed by atoms with Gasteiger partial charge in [-0.05, 0) is 43.0 Å². The second-order valence-corrected chi connectivity index (χ2v) is 5.86. The lowest BCUT2D eigenvalue weighted by Crippen LogP contribution is -1.87. The van der Waals surface area contributed by atoms with E-state index in [9.17, 15) is 0 Å². The van der Waals surface area contributed by atoms with Crippen LogP contribution in [0, 0.1) is 6.92 Å². The van der Waals surface area contributed by atoms with Crippen LogP contribution in [0.15, 0.2) is 63.5 Å². The summed E-state index contributed by atoms with van der Waals surface area (Å²) in [7, 11) is 0. The van der Waals surface area contributed by atoms with Gasteiger partial charge in [0.2, 0.25) is 5.89 Å². The average molecular weight is 321 g/mol. The Morgan fingerprint density at radius 2 is 1.74 bits per heavy atom. The first-order chi connectivity index (χ1) is 11.3. The minimum Gasteiger partial charge on any atom is -0.411 e. The predicted molar refractivity (Wildman–Crippen MR) is 85.9 cm³/mol. The second-order valence-electron chi connectivity index (χ2n) is 4.89. The van der Waals surface area contributed by atoms with Crippen molar-refractivity contribution < 1.29 is 4.42 Å². The highest BCUT2D eigenvalue weighted by atomic mass is 32.2. The van der Waals surface area contributed by atoms with Crippen LogP contribution < -0.4 is 0 Å². The zero-order valence-corrected chi connectivity index (χ0v) is 13.0. The first-order valence-corrected chi connectivity index (χ1v) is 7.76. The van der Waals surface area contributed by atoms with Gasteiger partial charge in [0.1, 0.15) is 10.5 Å². The van der Waals surface area contributed by atoms with Crippen LogP contribution >= 0.6 is 11.8 Å². The molecule has 0 aliphatic rings. The quantitative estimate of drug-likeness (QED) is 0.571. The molecule has 0 fully saturated rings. The zero-order valence-electron chi connectivity index (χ0n) is 12.2. The number of fused-ring (bicyclic) bond motifs is 1. The van der Waals surface area contributed by atoms with Gasteiger partial charge in [0.05, 0.1) is 0 Å². The molecule has 0 radical (unpaired) electrons. The topological polar surface area (TPSA) is 77.6 Å². The van der Waals surface area contributed by atoms with Crippen LogP contribution in [0.3, 0.4) is 0 Å². The van der Waals surface area contributed by atoms with Gasteiger partial charge in [0.15, 0.2) is 5.65 Å². The summed E-state index contributed by atoms with van der Waals surface area (Å²) in [4.78, 5) is 12.8. The SMILES string of the molecule is Cc1ccc(-c2nnc(Sc3ccc4nccnc4n3)o2)cc1. The molecule has 3 heterocycles. The van der Waals surface area contributed by atoms with Gasteiger partial charge >= 0.3 is 0 Å². The lowest BCUT2D eigenvalue weighted by Gasteiger charge is -1.98. The van der Waals surface area contributed by atoms with Crippen LogP contribution in [0.25, 0.3) is 22.6 Å². The van der Waals surface area contributed by atoms with E-state index in [1.165, 1.54) is 17.3 Å². The molecule has 0 bridgehead atoms. The van der Waals surface area contributed by atoms with Crippen LogP contribution in [-0.4, -0.2) is 25.1 Å². The minimum atomic E-state index is 0.441. The van der Waals surface area contributed by atoms with Crippen LogP contribution in [0.1, 0.15) is 5.56 Å². The Balaban J connectivity index is 1.60. The standard InChI is InChI=1S/C16H11N5OS/c1-10-2-4-11(5-3-10)15-20-21-16(22-15)23-13-7-6-12-14(19-13)18-9-8-17-12/h2-9H,1H3. The maximum absolute atomic E-state index is 5.69. The smallest absolute Gasteiger partial charge is 0.283 e. The highest BCUT2D eigenvalue weighted by Crippen LogP contribution is 2.28. The summed E-state index contributed by atoms with van der Waals surface area (Å²) in [6.07, 6.45) is 3.26. The van der Waals surface area contributed by atoms with Crippen molar-refractivity contribution >= 4 is 22.9 Å². The summed E-state index contributed by atoms with van der Waals surface area (Å²) in [6.45, 7) is 2.03. The summed E-state index contributed by atoms with van der Waals surface area (Å²) in [5.74, 6) is 0.494. The van der Waals surface area contributed by atoms with Gasteiger partial charge in [-0.1, -0.05) is 17.7 Å². The normalized spacial score (nSPS) is 11.0. The van der Waals surface area contributed by atoms with Gasteiger partial charge in [-0.15, -0.1) is 10.2 Å². The van der Waals surface area contributed by atoms with Crippen LogP contribution in [0.2, 0.25) is 0 Å². The number of hydrogen-bond donors (Lipinski definition) is 0. The van der Waals surface area contributed by atoms with E-state index in [4.69, 9.17) is 4.42 Å². The second kappa shape index (κ2) is 5.77. The fourth-order valence-electron chi connectivity index (χ4n) is 2.05. The summed E-state index contributed by atoms with van der Waals surface area (Å²) in [6, 6.07) is 11.7. The molecule has 112 valence electrons. The predicted octanol–water partition coefficient (Wildman–Crippen LogP) is 3.53. The Morgan fingerprint density at radius 1 is 0.913 bits per heavy atom. The minimum absolute atomic E-state index is 0.441. The molecule has 0 saturated heterocycles. The highest BCUT2D eigenvalue weighted by molar-refractivity contribution is 7.99. The van der Waals surface area contributed by atoms with Crippen LogP contribution in [0.5, 0.6) is 0 Å². The summed E-state index contributed by atoms with van der Waals surface area (Å²) >= 11 is 1.30. The van der Waals surface area contributed by atoms with E-state index in [-0.39, 0.29) is 0 Å². The molecule has 0 aliphatic heterocycles. The first kappa shape index (κ1) is 13.8. The third kappa shape index (κ3) is 2.91. The Bertz CT molecular complexity index is 968. The molecule has 0 spiro atoms. The largest absolute Gasteiger partial charge is 0.411 e. The number of nitrogens with zero attached hydrogens (tertiary/aromatic N) is 5. The molecule has 0 amide bonds.